The summed E-state index contributed by atoms with van der Waals surface area (Å²) in [7, 11) is 1.76. The fourth-order valence-electron chi connectivity index (χ4n) is 13.0. The first-order valence-electron chi connectivity index (χ1n) is 20.7. The van der Waals surface area contributed by atoms with E-state index < -0.39 is 86.5 Å². The lowest BCUT2D eigenvalue weighted by Crippen LogP contribution is -2.65. The lowest BCUT2D eigenvalue weighted by molar-refractivity contribution is -0.373. The maximum Gasteiger partial charge on any atom is 0.187 e. The third-order valence-electron chi connectivity index (χ3n) is 16.0. The maximum absolute atomic E-state index is 12.2. The molecule has 0 aromatic carbocycles. The van der Waals surface area contributed by atoms with Crippen LogP contribution < -0.4 is 0 Å². The van der Waals surface area contributed by atoms with Crippen molar-refractivity contribution in [2.24, 2.45) is 52.3 Å². The molecule has 0 aromatic heterocycles. The van der Waals surface area contributed by atoms with Gasteiger partial charge in [-0.2, -0.15) is 0 Å². The molecule has 14 heteroatoms. The molecule has 3 heterocycles. The molecule has 0 amide bonds. The van der Waals surface area contributed by atoms with Gasteiger partial charge in [-0.1, -0.05) is 34.6 Å². The van der Waals surface area contributed by atoms with Crippen molar-refractivity contribution in [3.05, 3.63) is 0 Å². The Bertz CT molecular complexity index is 1290. The highest BCUT2D eigenvalue weighted by atomic mass is 16.8. The minimum Gasteiger partial charge on any atom is -0.394 e. The molecule has 0 spiro atoms. The van der Waals surface area contributed by atoms with Crippen molar-refractivity contribution < 1.29 is 69.3 Å². The minimum atomic E-state index is -1.73. The van der Waals surface area contributed by atoms with Gasteiger partial charge in [-0.15, -0.1) is 0 Å². The third kappa shape index (κ3) is 6.64. The number of rotatable bonds is 10. The first kappa shape index (κ1) is 41.6. The van der Waals surface area contributed by atoms with Crippen LogP contribution in [0, 0.1) is 52.3 Å². The van der Waals surface area contributed by atoms with Crippen LogP contribution in [0.4, 0.5) is 0 Å². The molecule has 8 N–H and O–H groups in total. The summed E-state index contributed by atoms with van der Waals surface area (Å²) in [6, 6.07) is 0. The molecule has 54 heavy (non-hydrogen) atoms. The van der Waals surface area contributed by atoms with Gasteiger partial charge in [-0.05, 0) is 91.8 Å². The fraction of sp³-hybridized carbons (Fsp3) is 1.00. The average Bonchev–Trinajstić information content (AvgIpc) is 3.57. The third-order valence-corrected chi connectivity index (χ3v) is 16.0. The molecule has 7 rings (SSSR count). The molecule has 7 fully saturated rings. The second-order valence-corrected chi connectivity index (χ2v) is 19.0. The number of hydrogen-bond donors (Lipinski definition) is 8. The van der Waals surface area contributed by atoms with Crippen LogP contribution in [-0.2, 0) is 28.4 Å². The SMILES string of the molecule is COC1(CCC(C)C)OC2C(O)C3C4CC[C@@H]5C[C@@H](O[C@@H]6O[C@H](CO)[C@@H](O)[C@H](O)[C@H]6O[C@@H]6O[C@H](CO)[C@H](O)[C@H](O)[C@H]6O)CCC5(C)C4CCC3(C)C2C1C. The lowest BCUT2D eigenvalue weighted by Gasteiger charge is -2.61. The highest BCUT2D eigenvalue weighted by Gasteiger charge is 2.72. The second kappa shape index (κ2) is 15.6. The minimum absolute atomic E-state index is 0.0323. The zero-order valence-electron chi connectivity index (χ0n) is 32.9. The number of aliphatic hydroxyl groups is 8. The monoisotopic (exact) mass is 772 g/mol. The van der Waals surface area contributed by atoms with Crippen molar-refractivity contribution in [2.45, 2.75) is 178 Å². The van der Waals surface area contributed by atoms with Gasteiger partial charge in [0.1, 0.15) is 48.8 Å². The van der Waals surface area contributed by atoms with E-state index in [4.69, 9.17) is 28.4 Å². The van der Waals surface area contributed by atoms with Gasteiger partial charge in [0, 0.05) is 25.4 Å². The molecule has 312 valence electrons. The molecule has 3 saturated heterocycles. The first-order valence-corrected chi connectivity index (χ1v) is 20.7. The summed E-state index contributed by atoms with van der Waals surface area (Å²) >= 11 is 0. The van der Waals surface area contributed by atoms with E-state index in [9.17, 15) is 40.9 Å². The van der Waals surface area contributed by atoms with Crippen molar-refractivity contribution >= 4 is 0 Å². The lowest BCUT2D eigenvalue weighted by atomic mass is 9.44. The highest BCUT2D eigenvalue weighted by Crippen LogP contribution is 2.71. The van der Waals surface area contributed by atoms with Crippen LogP contribution in [0.25, 0.3) is 0 Å². The summed E-state index contributed by atoms with van der Waals surface area (Å²) in [4.78, 5) is 0. The van der Waals surface area contributed by atoms with Crippen LogP contribution in [0.2, 0.25) is 0 Å². The van der Waals surface area contributed by atoms with Gasteiger partial charge in [0.25, 0.3) is 0 Å². The molecule has 4 saturated carbocycles. The van der Waals surface area contributed by atoms with Crippen LogP contribution in [0.5, 0.6) is 0 Å². The van der Waals surface area contributed by atoms with Crippen LogP contribution in [0.3, 0.4) is 0 Å². The molecule has 7 aliphatic rings. The van der Waals surface area contributed by atoms with E-state index in [2.05, 4.69) is 34.6 Å². The van der Waals surface area contributed by atoms with Crippen molar-refractivity contribution in [1.29, 1.82) is 0 Å². The quantitative estimate of drug-likeness (QED) is 0.146. The average molecular weight is 773 g/mol. The van der Waals surface area contributed by atoms with Gasteiger partial charge in [0.05, 0.1) is 31.5 Å². The number of hydrogen-bond acceptors (Lipinski definition) is 14. The Hall–Kier alpha value is -0.560. The van der Waals surface area contributed by atoms with Gasteiger partial charge in [-0.25, -0.2) is 0 Å². The summed E-state index contributed by atoms with van der Waals surface area (Å²) < 4.78 is 37.0. The topological polar surface area (TPSA) is 217 Å². The molecule has 3 aliphatic heterocycles. The zero-order chi connectivity index (χ0) is 39.1. The van der Waals surface area contributed by atoms with E-state index in [1.165, 1.54) is 0 Å². The van der Waals surface area contributed by atoms with E-state index in [0.717, 1.165) is 51.4 Å². The molecular formula is C40H68O14. The fourth-order valence-corrected chi connectivity index (χ4v) is 13.0. The molecule has 10 unspecified atom stereocenters. The molecule has 0 radical (unpaired) electrons. The van der Waals surface area contributed by atoms with Gasteiger partial charge in [0.15, 0.2) is 18.4 Å². The largest absolute Gasteiger partial charge is 0.394 e. The molecular weight excluding hydrogens is 704 g/mol. The van der Waals surface area contributed by atoms with Crippen LogP contribution in [0.1, 0.15) is 92.4 Å². The van der Waals surface area contributed by atoms with Gasteiger partial charge >= 0.3 is 0 Å². The highest BCUT2D eigenvalue weighted by molar-refractivity contribution is 5.18. The van der Waals surface area contributed by atoms with Gasteiger partial charge in [-0.3, -0.25) is 0 Å². The number of aliphatic hydroxyl groups excluding tert-OH is 8. The van der Waals surface area contributed by atoms with Crippen molar-refractivity contribution in [3.63, 3.8) is 0 Å². The number of fused-ring (bicyclic) bond motifs is 7. The van der Waals surface area contributed by atoms with Crippen LogP contribution in [-0.4, -0.2) is 147 Å². The Kier molecular flexibility index (Phi) is 12.0. The molecule has 14 nitrogen and oxygen atoms in total. The van der Waals surface area contributed by atoms with E-state index in [-0.39, 0.29) is 40.8 Å². The summed E-state index contributed by atoms with van der Waals surface area (Å²) in [5.74, 6) is 1.58. The normalized spacial score (nSPS) is 55.9. The van der Waals surface area contributed by atoms with Crippen molar-refractivity contribution in [1.82, 2.24) is 0 Å². The van der Waals surface area contributed by atoms with E-state index in [0.29, 0.717) is 30.1 Å². The molecule has 4 aliphatic carbocycles. The first-order chi connectivity index (χ1) is 25.5. The van der Waals surface area contributed by atoms with E-state index in [1.807, 2.05) is 0 Å². The number of ether oxygens (including phenoxy) is 6. The van der Waals surface area contributed by atoms with Gasteiger partial charge < -0.3 is 69.3 Å². The summed E-state index contributed by atoms with van der Waals surface area (Å²) in [5, 5.41) is 84.9. The predicted molar refractivity (Wildman–Crippen MR) is 191 cm³/mol. The number of methoxy groups -OCH3 is 1. The molecule has 0 aromatic rings. The Morgan fingerprint density at radius 2 is 1.37 bits per heavy atom. The Morgan fingerprint density at radius 1 is 0.722 bits per heavy atom. The maximum atomic E-state index is 12.2. The van der Waals surface area contributed by atoms with E-state index in [1.54, 1.807) is 7.11 Å². The predicted octanol–water partition coefficient (Wildman–Crippen LogP) is 1.05. The Morgan fingerprint density at radius 3 is 2.02 bits per heavy atom. The molecule has 0 bridgehead atoms. The Labute approximate surface area is 319 Å². The summed E-state index contributed by atoms with van der Waals surface area (Å²) in [5.41, 5.74) is -0.0141. The van der Waals surface area contributed by atoms with E-state index >= 15 is 0 Å². The standard InChI is InChI=1S/C40H68O14/c1-18(2)9-14-40(49-6)19(3)26-34(54-40)30(45)27-22-8-7-20-15-21(10-12-38(20,4)23(22)11-13-39(26,27)5)50-37-35(32(47)29(44)25(17-42)52-37)53-36-33(48)31(46)28(43)24(16-41)51-36/h18-37,41-48H,7-17H2,1-6H3/t19?,20-,21+,22?,23?,24-,25-,26?,27?,28+,29-,30?,31+,32+,33-,34?,35-,36+,37-,38?,39?,40?/m1/s1. The Balaban J connectivity index is 1.04. The second-order valence-electron chi connectivity index (χ2n) is 19.0. The van der Waals surface area contributed by atoms with Gasteiger partial charge in [0.2, 0.25) is 0 Å². The smallest absolute Gasteiger partial charge is 0.187 e. The van der Waals surface area contributed by atoms with Crippen molar-refractivity contribution in [2.75, 3.05) is 20.3 Å². The van der Waals surface area contributed by atoms with Crippen LogP contribution in [0.15, 0.2) is 0 Å². The molecule has 22 atom stereocenters. The zero-order valence-corrected chi connectivity index (χ0v) is 32.9. The van der Waals surface area contributed by atoms with Crippen molar-refractivity contribution in [3.8, 4) is 0 Å². The summed E-state index contributed by atoms with van der Waals surface area (Å²) in [6.45, 7) is 10.3. The van der Waals surface area contributed by atoms with Crippen LogP contribution >= 0.6 is 0 Å². The summed E-state index contributed by atoms with van der Waals surface area (Å²) in [6.07, 6.45) is -7.60.